The van der Waals surface area contributed by atoms with Crippen molar-refractivity contribution in [3.8, 4) is 5.75 Å². The van der Waals surface area contributed by atoms with Gasteiger partial charge in [-0.1, -0.05) is 6.07 Å². The molecule has 9 heteroatoms. The Morgan fingerprint density at radius 3 is 2.14 bits per heavy atom. The van der Waals surface area contributed by atoms with E-state index in [1.807, 2.05) is 0 Å². The molecule has 0 aromatic heterocycles. The third-order valence-corrected chi connectivity index (χ3v) is 2.40. The van der Waals surface area contributed by atoms with Gasteiger partial charge >= 0.3 is 18.1 Å². The molecule has 0 bridgehead atoms. The molecule has 120 valence electrons. The number of carbonyl (C=O) groups excluding carboxylic acids is 2. The van der Waals surface area contributed by atoms with Crippen molar-refractivity contribution in [2.75, 3.05) is 7.11 Å². The van der Waals surface area contributed by atoms with Crippen LogP contribution in [0.3, 0.4) is 0 Å². The maximum atomic E-state index is 12.6. The van der Waals surface area contributed by atoms with E-state index in [1.165, 1.54) is 0 Å². The Hall–Kier alpha value is -2.45. The summed E-state index contributed by atoms with van der Waals surface area (Å²) < 4.78 is 72.0. The molecule has 0 aliphatic rings. The molecule has 0 radical (unpaired) electrons. The van der Waals surface area contributed by atoms with Gasteiger partial charge in [0.2, 0.25) is 0 Å². The zero-order valence-electron chi connectivity index (χ0n) is 11.3. The smallest absolute Gasteiger partial charge is 0.422 e. The van der Waals surface area contributed by atoms with Gasteiger partial charge in [0.15, 0.2) is 0 Å². The number of rotatable bonds is 3. The summed E-state index contributed by atoms with van der Waals surface area (Å²) in [7, 11) is 0.933. The second-order valence-electron chi connectivity index (χ2n) is 3.93. The Labute approximate surface area is 121 Å². The van der Waals surface area contributed by atoms with Crippen LogP contribution >= 0.6 is 0 Å². The fraction of sp³-hybridized carbons (Fsp3) is 0.231. The monoisotopic (exact) mass is 324 g/mol. The molecule has 0 spiro atoms. The van der Waals surface area contributed by atoms with Gasteiger partial charge in [0.1, 0.15) is 16.9 Å². The fourth-order valence-electron chi connectivity index (χ4n) is 1.58. The van der Waals surface area contributed by atoms with E-state index in [2.05, 4.69) is 9.47 Å². The van der Waals surface area contributed by atoms with Gasteiger partial charge < -0.3 is 9.47 Å². The molecule has 22 heavy (non-hydrogen) atoms. The average molecular weight is 324 g/mol. The first-order chi connectivity index (χ1) is 10.1. The van der Waals surface area contributed by atoms with Crippen LogP contribution in [0.25, 0.3) is 5.57 Å². The molecule has 0 saturated carbocycles. The first kappa shape index (κ1) is 17.6. The van der Waals surface area contributed by atoms with E-state index in [1.54, 1.807) is 0 Å². The van der Waals surface area contributed by atoms with Crippen molar-refractivity contribution < 1.29 is 41.0 Å². The van der Waals surface area contributed by atoms with E-state index >= 15 is 0 Å². The standard InChI is InChI=1S/C13H9F5O4/c1-6(19)22-9-4-3-7(5-8(9)12(20)21-2)10(11(14)15)13(16,17)18/h3-5H,1-2H3. The second kappa shape index (κ2) is 6.54. The van der Waals surface area contributed by atoms with Crippen LogP contribution < -0.4 is 4.74 Å². The molecular weight excluding hydrogens is 315 g/mol. The minimum absolute atomic E-state index is 0.399. The molecule has 1 aromatic carbocycles. The molecule has 0 amide bonds. The Bertz CT molecular complexity index is 630. The van der Waals surface area contributed by atoms with Gasteiger partial charge in [-0.2, -0.15) is 22.0 Å². The molecule has 0 saturated heterocycles. The number of halogens is 5. The van der Waals surface area contributed by atoms with Crippen molar-refractivity contribution >= 4 is 17.5 Å². The molecular formula is C13H9F5O4. The number of esters is 2. The number of benzene rings is 1. The molecule has 0 unspecified atom stereocenters. The zero-order valence-corrected chi connectivity index (χ0v) is 11.3. The third kappa shape index (κ3) is 4.03. The quantitative estimate of drug-likeness (QED) is 0.484. The Balaban J connectivity index is 3.51. The predicted molar refractivity (Wildman–Crippen MR) is 64.3 cm³/mol. The summed E-state index contributed by atoms with van der Waals surface area (Å²) in [6.45, 7) is 0.997. The van der Waals surface area contributed by atoms with Crippen molar-refractivity contribution in [3.63, 3.8) is 0 Å². The summed E-state index contributed by atoms with van der Waals surface area (Å²) >= 11 is 0. The van der Waals surface area contributed by atoms with Crippen molar-refractivity contribution in [2.45, 2.75) is 13.1 Å². The highest BCUT2D eigenvalue weighted by atomic mass is 19.4. The molecule has 4 nitrogen and oxygen atoms in total. The zero-order chi connectivity index (χ0) is 17.1. The van der Waals surface area contributed by atoms with Crippen molar-refractivity contribution in [3.05, 3.63) is 35.4 Å². The molecule has 0 heterocycles. The number of ether oxygens (including phenoxy) is 2. The maximum Gasteiger partial charge on any atom is 0.422 e. The lowest BCUT2D eigenvalue weighted by molar-refractivity contribution is -0.131. The number of hydrogen-bond acceptors (Lipinski definition) is 4. The third-order valence-electron chi connectivity index (χ3n) is 2.40. The highest BCUT2D eigenvalue weighted by molar-refractivity contribution is 5.94. The van der Waals surface area contributed by atoms with Crippen LogP contribution in [-0.2, 0) is 9.53 Å². The van der Waals surface area contributed by atoms with Crippen molar-refractivity contribution in [2.24, 2.45) is 0 Å². The van der Waals surface area contributed by atoms with Gasteiger partial charge in [0.05, 0.1) is 7.11 Å². The lowest BCUT2D eigenvalue weighted by Gasteiger charge is -2.13. The van der Waals surface area contributed by atoms with Crippen LogP contribution in [0.4, 0.5) is 22.0 Å². The number of alkyl halides is 3. The number of hydrogen-bond donors (Lipinski definition) is 0. The molecule has 0 atom stereocenters. The Kier molecular flexibility index (Phi) is 5.23. The van der Waals surface area contributed by atoms with E-state index in [-0.39, 0.29) is 0 Å². The minimum atomic E-state index is -5.32. The molecule has 0 aliphatic carbocycles. The largest absolute Gasteiger partial charge is 0.465 e. The first-order valence-corrected chi connectivity index (χ1v) is 5.61. The lowest BCUT2D eigenvalue weighted by Crippen LogP contribution is -2.14. The topological polar surface area (TPSA) is 52.6 Å². The number of methoxy groups -OCH3 is 1. The minimum Gasteiger partial charge on any atom is -0.465 e. The van der Waals surface area contributed by atoms with Crippen LogP contribution in [0, 0.1) is 0 Å². The molecule has 0 N–H and O–H groups in total. The maximum absolute atomic E-state index is 12.6. The van der Waals surface area contributed by atoms with E-state index in [0.29, 0.717) is 12.1 Å². The number of carbonyl (C=O) groups is 2. The van der Waals surface area contributed by atoms with Crippen molar-refractivity contribution in [1.82, 2.24) is 0 Å². The van der Waals surface area contributed by atoms with Gasteiger partial charge in [0.25, 0.3) is 6.08 Å². The molecule has 1 rings (SSSR count). The lowest BCUT2D eigenvalue weighted by atomic mass is 10.0. The van der Waals surface area contributed by atoms with Gasteiger partial charge in [-0.15, -0.1) is 0 Å². The van der Waals surface area contributed by atoms with Crippen LogP contribution in [0.1, 0.15) is 22.8 Å². The first-order valence-electron chi connectivity index (χ1n) is 5.61. The fourth-order valence-corrected chi connectivity index (χ4v) is 1.58. The summed E-state index contributed by atoms with van der Waals surface area (Å²) in [6.07, 6.45) is -8.28. The summed E-state index contributed by atoms with van der Waals surface area (Å²) in [5.41, 5.74) is -3.73. The second-order valence-corrected chi connectivity index (χ2v) is 3.93. The summed E-state index contributed by atoms with van der Waals surface area (Å²) in [4.78, 5) is 22.4. The highest BCUT2D eigenvalue weighted by Crippen LogP contribution is 2.38. The summed E-state index contributed by atoms with van der Waals surface area (Å²) in [5, 5.41) is 0. The van der Waals surface area contributed by atoms with Crippen LogP contribution in [0.5, 0.6) is 5.75 Å². The van der Waals surface area contributed by atoms with Gasteiger partial charge in [-0.3, -0.25) is 4.79 Å². The van der Waals surface area contributed by atoms with Crippen LogP contribution in [0.15, 0.2) is 24.3 Å². The summed E-state index contributed by atoms with van der Waals surface area (Å²) in [5.74, 6) is -2.39. The van der Waals surface area contributed by atoms with Crippen LogP contribution in [-0.4, -0.2) is 25.2 Å². The van der Waals surface area contributed by atoms with Gasteiger partial charge in [-0.25, -0.2) is 4.79 Å². The average Bonchev–Trinajstić information content (AvgIpc) is 2.36. The van der Waals surface area contributed by atoms with E-state index in [4.69, 9.17) is 0 Å². The highest BCUT2D eigenvalue weighted by Gasteiger charge is 2.39. The molecule has 0 aliphatic heterocycles. The Morgan fingerprint density at radius 2 is 1.73 bits per heavy atom. The van der Waals surface area contributed by atoms with Crippen LogP contribution in [0.2, 0.25) is 0 Å². The van der Waals surface area contributed by atoms with Crippen molar-refractivity contribution in [1.29, 1.82) is 0 Å². The molecule has 1 aromatic rings. The van der Waals surface area contributed by atoms with Gasteiger partial charge in [0, 0.05) is 6.92 Å². The van der Waals surface area contributed by atoms with E-state index in [0.717, 1.165) is 20.1 Å². The Morgan fingerprint density at radius 1 is 1.14 bits per heavy atom. The summed E-state index contributed by atoms with van der Waals surface area (Å²) in [6, 6.07) is 1.98. The van der Waals surface area contributed by atoms with E-state index in [9.17, 15) is 31.5 Å². The van der Waals surface area contributed by atoms with E-state index < -0.39 is 46.6 Å². The number of allylic oxidation sites excluding steroid dienone is 1. The molecule has 0 fully saturated rings. The predicted octanol–water partition coefficient (Wildman–Crippen LogP) is 3.57. The normalized spacial score (nSPS) is 10.9. The van der Waals surface area contributed by atoms with Gasteiger partial charge in [-0.05, 0) is 17.7 Å². The SMILES string of the molecule is COC(=O)c1cc(C(=C(F)F)C(F)(F)F)ccc1OC(C)=O.